The first-order chi connectivity index (χ1) is 7.06. The first-order valence-electron chi connectivity index (χ1n) is 7.06. The van der Waals surface area contributed by atoms with Crippen LogP contribution in [0.4, 0.5) is 0 Å². The quantitative estimate of drug-likeness (QED) is 0.500. The fourth-order valence-corrected chi connectivity index (χ4v) is 2.78. The predicted molar refractivity (Wildman–Crippen MR) is 75.8 cm³/mol. The smallest absolute Gasteiger partial charge is 0.0229 e. The van der Waals surface area contributed by atoms with E-state index in [-0.39, 0.29) is 0 Å². The first-order valence-corrected chi connectivity index (χ1v) is 7.06. The largest absolute Gasteiger partial charge is 0.0654 e. The van der Waals surface area contributed by atoms with Crippen molar-refractivity contribution < 1.29 is 0 Å². The SMILES string of the molecule is CCCCCCC(C)(C(C)(C)C)C(C)(C)C. The molecule has 0 amide bonds. The first kappa shape index (κ1) is 16.0. The van der Waals surface area contributed by atoms with Gasteiger partial charge in [0, 0.05) is 0 Å². The molecule has 0 saturated heterocycles. The van der Waals surface area contributed by atoms with Gasteiger partial charge >= 0.3 is 0 Å². The number of hydrogen-bond donors (Lipinski definition) is 0. The summed E-state index contributed by atoms with van der Waals surface area (Å²) in [6.45, 7) is 19.2. The molecule has 0 nitrogen and oxygen atoms in total. The van der Waals surface area contributed by atoms with Gasteiger partial charge in [0.05, 0.1) is 0 Å². The van der Waals surface area contributed by atoms with Gasteiger partial charge in [-0.1, -0.05) is 81.1 Å². The second-order valence-corrected chi connectivity index (χ2v) is 7.64. The van der Waals surface area contributed by atoms with E-state index in [4.69, 9.17) is 0 Å². The topological polar surface area (TPSA) is 0 Å². The Morgan fingerprint density at radius 3 is 1.38 bits per heavy atom. The molecule has 0 atom stereocenters. The lowest BCUT2D eigenvalue weighted by Crippen LogP contribution is -2.43. The molecule has 0 unspecified atom stereocenters. The molecule has 0 radical (unpaired) electrons. The normalized spacial score (nSPS) is 14.2. The van der Waals surface area contributed by atoms with Gasteiger partial charge in [0.25, 0.3) is 0 Å². The van der Waals surface area contributed by atoms with Crippen LogP contribution in [0.1, 0.15) is 87.5 Å². The molecule has 0 fully saturated rings. The van der Waals surface area contributed by atoms with Crippen LogP contribution in [0, 0.1) is 16.2 Å². The molecule has 0 spiro atoms. The average molecular weight is 226 g/mol. The van der Waals surface area contributed by atoms with Gasteiger partial charge in [0.1, 0.15) is 0 Å². The fourth-order valence-electron chi connectivity index (χ4n) is 2.78. The van der Waals surface area contributed by atoms with Crippen molar-refractivity contribution in [3.8, 4) is 0 Å². The maximum absolute atomic E-state index is 2.49. The number of hydrogen-bond acceptors (Lipinski definition) is 0. The highest BCUT2D eigenvalue weighted by atomic mass is 14.5. The van der Waals surface area contributed by atoms with Gasteiger partial charge in [-0.15, -0.1) is 0 Å². The standard InChI is InChI=1S/C16H34/c1-9-10-11-12-13-16(8,14(2,3)4)15(5,6)7/h9-13H2,1-8H3. The third kappa shape index (κ3) is 3.79. The van der Waals surface area contributed by atoms with E-state index in [1.165, 1.54) is 32.1 Å². The third-order valence-electron chi connectivity index (χ3n) is 4.84. The summed E-state index contributed by atoms with van der Waals surface area (Å²) in [7, 11) is 0. The highest BCUT2D eigenvalue weighted by Gasteiger charge is 2.45. The Morgan fingerprint density at radius 2 is 1.06 bits per heavy atom. The highest BCUT2D eigenvalue weighted by molar-refractivity contribution is 4.94. The van der Waals surface area contributed by atoms with Crippen LogP contribution in [0.15, 0.2) is 0 Å². The molecule has 0 N–H and O–H groups in total. The van der Waals surface area contributed by atoms with Crippen molar-refractivity contribution in [3.05, 3.63) is 0 Å². The molecular formula is C16H34. The van der Waals surface area contributed by atoms with Crippen molar-refractivity contribution in [2.75, 3.05) is 0 Å². The van der Waals surface area contributed by atoms with Crippen LogP contribution >= 0.6 is 0 Å². The Hall–Kier alpha value is 0. The molecule has 98 valence electrons. The van der Waals surface area contributed by atoms with E-state index in [0.29, 0.717) is 16.2 Å². The average Bonchev–Trinajstić information content (AvgIpc) is 2.08. The summed E-state index contributed by atoms with van der Waals surface area (Å²) in [5.74, 6) is 0. The minimum absolute atomic E-state index is 0.386. The second kappa shape index (κ2) is 5.56. The molecule has 0 aromatic heterocycles. The maximum Gasteiger partial charge on any atom is -0.0229 e. The molecule has 16 heavy (non-hydrogen) atoms. The van der Waals surface area contributed by atoms with Gasteiger partial charge in [-0.2, -0.15) is 0 Å². The van der Waals surface area contributed by atoms with Gasteiger partial charge in [0.2, 0.25) is 0 Å². The summed E-state index contributed by atoms with van der Waals surface area (Å²) in [6, 6.07) is 0. The summed E-state index contributed by atoms with van der Waals surface area (Å²) in [5.41, 5.74) is 1.20. The van der Waals surface area contributed by atoms with Gasteiger partial charge < -0.3 is 0 Å². The van der Waals surface area contributed by atoms with Crippen LogP contribution in [0.3, 0.4) is 0 Å². The fraction of sp³-hybridized carbons (Fsp3) is 1.00. The van der Waals surface area contributed by atoms with Crippen molar-refractivity contribution >= 4 is 0 Å². The number of unbranched alkanes of at least 4 members (excludes halogenated alkanes) is 3. The van der Waals surface area contributed by atoms with Gasteiger partial charge in [0.15, 0.2) is 0 Å². The zero-order chi connectivity index (χ0) is 13.0. The third-order valence-corrected chi connectivity index (χ3v) is 4.84. The van der Waals surface area contributed by atoms with E-state index >= 15 is 0 Å². The summed E-state index contributed by atoms with van der Waals surface area (Å²) in [6.07, 6.45) is 6.88. The van der Waals surface area contributed by atoms with Crippen molar-refractivity contribution in [2.45, 2.75) is 87.5 Å². The van der Waals surface area contributed by atoms with Gasteiger partial charge in [-0.05, 0) is 22.7 Å². The van der Waals surface area contributed by atoms with E-state index in [1.54, 1.807) is 0 Å². The minimum atomic E-state index is 0.386. The molecule has 0 aliphatic carbocycles. The molecule has 0 heterocycles. The predicted octanol–water partition coefficient (Wildman–Crippen LogP) is 6.06. The summed E-state index contributed by atoms with van der Waals surface area (Å²) in [5, 5.41) is 0. The highest BCUT2D eigenvalue weighted by Crippen LogP contribution is 2.54. The Morgan fingerprint density at radius 1 is 0.625 bits per heavy atom. The molecule has 0 saturated carbocycles. The van der Waals surface area contributed by atoms with Crippen LogP contribution < -0.4 is 0 Å². The Labute approximate surface area is 104 Å². The zero-order valence-corrected chi connectivity index (χ0v) is 13.0. The van der Waals surface area contributed by atoms with Crippen molar-refractivity contribution in [3.63, 3.8) is 0 Å². The molecule has 0 aromatic carbocycles. The van der Waals surface area contributed by atoms with Crippen LogP contribution in [0.2, 0.25) is 0 Å². The molecule has 0 heteroatoms. The van der Waals surface area contributed by atoms with E-state index < -0.39 is 0 Å². The van der Waals surface area contributed by atoms with Crippen LogP contribution in [0.5, 0.6) is 0 Å². The second-order valence-electron chi connectivity index (χ2n) is 7.64. The van der Waals surface area contributed by atoms with Crippen LogP contribution in [-0.4, -0.2) is 0 Å². The van der Waals surface area contributed by atoms with E-state index in [1.807, 2.05) is 0 Å². The maximum atomic E-state index is 2.49. The molecule has 0 aliphatic rings. The van der Waals surface area contributed by atoms with Crippen LogP contribution in [-0.2, 0) is 0 Å². The molecule has 0 aromatic rings. The van der Waals surface area contributed by atoms with E-state index in [9.17, 15) is 0 Å². The minimum Gasteiger partial charge on any atom is -0.0654 e. The summed E-state index contributed by atoms with van der Waals surface area (Å²) >= 11 is 0. The molecule has 0 rings (SSSR count). The summed E-state index contributed by atoms with van der Waals surface area (Å²) < 4.78 is 0. The van der Waals surface area contributed by atoms with Crippen molar-refractivity contribution in [2.24, 2.45) is 16.2 Å². The van der Waals surface area contributed by atoms with Gasteiger partial charge in [-0.25, -0.2) is 0 Å². The van der Waals surface area contributed by atoms with E-state index in [2.05, 4.69) is 55.4 Å². The van der Waals surface area contributed by atoms with Crippen molar-refractivity contribution in [1.29, 1.82) is 0 Å². The number of rotatable bonds is 5. The molecule has 0 bridgehead atoms. The molecular weight excluding hydrogens is 192 g/mol. The lowest BCUT2D eigenvalue weighted by Gasteiger charge is -2.52. The lowest BCUT2D eigenvalue weighted by molar-refractivity contribution is -0.0239. The lowest BCUT2D eigenvalue weighted by atomic mass is 9.53. The zero-order valence-electron chi connectivity index (χ0n) is 13.0. The molecule has 0 aliphatic heterocycles. The Balaban J connectivity index is 4.59. The van der Waals surface area contributed by atoms with Crippen molar-refractivity contribution in [1.82, 2.24) is 0 Å². The Bertz CT molecular complexity index is 173. The summed E-state index contributed by atoms with van der Waals surface area (Å²) in [4.78, 5) is 0. The van der Waals surface area contributed by atoms with Crippen LogP contribution in [0.25, 0.3) is 0 Å². The monoisotopic (exact) mass is 226 g/mol. The van der Waals surface area contributed by atoms with Gasteiger partial charge in [-0.3, -0.25) is 0 Å². The van der Waals surface area contributed by atoms with E-state index in [0.717, 1.165) is 0 Å². The Kier molecular flexibility index (Phi) is 5.56.